The topological polar surface area (TPSA) is 54.4 Å². The summed E-state index contributed by atoms with van der Waals surface area (Å²) in [5, 5.41) is 8.94. The van der Waals surface area contributed by atoms with Crippen molar-refractivity contribution >= 4 is 23.4 Å². The molecule has 0 saturated heterocycles. The van der Waals surface area contributed by atoms with Crippen molar-refractivity contribution < 1.29 is 14.7 Å². The number of carbonyl (C=O) groups is 2. The maximum atomic E-state index is 12.1. The van der Waals surface area contributed by atoms with Crippen LogP contribution < -0.4 is 0 Å². The lowest BCUT2D eigenvalue weighted by molar-refractivity contribution is -0.137. The molecule has 0 aromatic carbocycles. The lowest BCUT2D eigenvalue weighted by atomic mass is 9.94. The van der Waals surface area contributed by atoms with Gasteiger partial charge in [-0.3, -0.25) is 9.59 Å². The summed E-state index contributed by atoms with van der Waals surface area (Å²) in [6, 6.07) is 0. The Labute approximate surface area is 150 Å². The minimum atomic E-state index is -0.734. The van der Waals surface area contributed by atoms with E-state index < -0.39 is 5.97 Å². The van der Waals surface area contributed by atoms with Crippen molar-refractivity contribution in [3.8, 4) is 0 Å². The van der Waals surface area contributed by atoms with Gasteiger partial charge in [0.25, 0.3) is 0 Å². The molecule has 1 unspecified atom stereocenters. The Morgan fingerprint density at radius 1 is 1.21 bits per heavy atom. The van der Waals surface area contributed by atoms with Crippen LogP contribution in [0.1, 0.15) is 71.1 Å². The summed E-state index contributed by atoms with van der Waals surface area (Å²) < 4.78 is 0. The van der Waals surface area contributed by atoms with Crippen molar-refractivity contribution in [1.82, 2.24) is 0 Å². The normalized spacial score (nSPS) is 19.4. The largest absolute Gasteiger partial charge is 0.481 e. The van der Waals surface area contributed by atoms with E-state index in [9.17, 15) is 9.59 Å². The number of hydrogen-bond acceptors (Lipinski definition) is 2. The summed E-state index contributed by atoms with van der Waals surface area (Å²) in [6.07, 6.45) is 17.3. The molecule has 4 heteroatoms. The summed E-state index contributed by atoms with van der Waals surface area (Å²) in [5.74, 6) is -0.683. The molecule has 0 amide bonds. The minimum absolute atomic E-state index is 0.0502. The fourth-order valence-electron chi connectivity index (χ4n) is 2.86. The highest BCUT2D eigenvalue weighted by Gasteiger charge is 2.27. The first kappa shape index (κ1) is 20.7. The molecule has 24 heavy (non-hydrogen) atoms. The molecule has 0 fully saturated rings. The van der Waals surface area contributed by atoms with E-state index in [0.29, 0.717) is 5.03 Å². The van der Waals surface area contributed by atoms with Crippen LogP contribution in [0.5, 0.6) is 0 Å². The number of halogens is 1. The van der Waals surface area contributed by atoms with Crippen molar-refractivity contribution in [3.63, 3.8) is 0 Å². The second-order valence-corrected chi connectivity index (χ2v) is 6.75. The SMILES string of the molecule is CCCCCC=CC=C1C(=O)C(Cl)=CC1CCCCCCC(=O)O. The first-order valence-corrected chi connectivity index (χ1v) is 9.44. The maximum Gasteiger partial charge on any atom is 0.303 e. The maximum absolute atomic E-state index is 12.1. The Morgan fingerprint density at radius 3 is 2.67 bits per heavy atom. The number of aliphatic carboxylic acids is 1. The molecule has 134 valence electrons. The summed E-state index contributed by atoms with van der Waals surface area (Å²) >= 11 is 6.01. The summed E-state index contributed by atoms with van der Waals surface area (Å²) in [5.41, 5.74) is 0.789. The Hall–Kier alpha value is -1.35. The third kappa shape index (κ3) is 7.96. The number of Topliss-reactive ketones (excluding diaryl/α,β-unsaturated/α-hetero) is 1. The minimum Gasteiger partial charge on any atom is -0.481 e. The van der Waals surface area contributed by atoms with E-state index in [1.54, 1.807) is 0 Å². The molecule has 0 spiro atoms. The van der Waals surface area contributed by atoms with Gasteiger partial charge >= 0.3 is 5.97 Å². The third-order valence-electron chi connectivity index (χ3n) is 4.27. The van der Waals surface area contributed by atoms with Crippen LogP contribution in [0.3, 0.4) is 0 Å². The van der Waals surface area contributed by atoms with E-state index in [1.807, 2.05) is 18.2 Å². The number of carbonyl (C=O) groups excluding carboxylic acids is 1. The van der Waals surface area contributed by atoms with E-state index in [0.717, 1.165) is 44.1 Å². The van der Waals surface area contributed by atoms with Gasteiger partial charge in [0.1, 0.15) is 0 Å². The number of rotatable bonds is 12. The van der Waals surface area contributed by atoms with Crippen molar-refractivity contribution in [2.45, 2.75) is 71.1 Å². The Morgan fingerprint density at radius 2 is 1.96 bits per heavy atom. The molecule has 0 radical (unpaired) electrons. The summed E-state index contributed by atoms with van der Waals surface area (Å²) in [7, 11) is 0. The highest BCUT2D eigenvalue weighted by atomic mass is 35.5. The molecular formula is C20H29ClO3. The van der Waals surface area contributed by atoms with Gasteiger partial charge in [0.2, 0.25) is 5.78 Å². The summed E-state index contributed by atoms with van der Waals surface area (Å²) in [6.45, 7) is 2.18. The fourth-order valence-corrected chi connectivity index (χ4v) is 3.12. The molecule has 0 aliphatic heterocycles. The fraction of sp³-hybridized carbons (Fsp3) is 0.600. The lowest BCUT2D eigenvalue weighted by Crippen LogP contribution is -2.03. The zero-order valence-electron chi connectivity index (χ0n) is 14.6. The third-order valence-corrected chi connectivity index (χ3v) is 4.57. The van der Waals surface area contributed by atoms with Crippen molar-refractivity contribution in [1.29, 1.82) is 0 Å². The standard InChI is InChI=1S/C20H29ClO3/c1-2-3-4-5-6-10-13-17-16(15-18(21)20(17)24)12-9-7-8-11-14-19(22)23/h6,10,13,15-16H,2-5,7-9,11-12,14H2,1H3,(H,22,23). The number of ketones is 1. The van der Waals surface area contributed by atoms with Crippen molar-refractivity contribution in [2.24, 2.45) is 5.92 Å². The number of carboxylic acids is 1. The molecule has 1 aliphatic rings. The molecule has 1 atom stereocenters. The molecule has 0 saturated carbocycles. The van der Waals surface area contributed by atoms with Gasteiger partial charge in [0, 0.05) is 17.9 Å². The van der Waals surface area contributed by atoms with Gasteiger partial charge in [-0.05, 0) is 25.7 Å². The lowest BCUT2D eigenvalue weighted by Gasteiger charge is -2.09. The van der Waals surface area contributed by atoms with Crippen molar-refractivity contribution in [2.75, 3.05) is 0 Å². The number of hydrogen-bond donors (Lipinski definition) is 1. The Balaban J connectivity index is 2.39. The molecule has 1 aliphatic carbocycles. The van der Waals surface area contributed by atoms with Crippen LogP contribution in [-0.2, 0) is 9.59 Å². The highest BCUT2D eigenvalue weighted by Crippen LogP contribution is 2.33. The zero-order chi connectivity index (χ0) is 17.8. The predicted molar refractivity (Wildman–Crippen MR) is 99.1 cm³/mol. The van der Waals surface area contributed by atoms with Gasteiger partial charge in [-0.1, -0.05) is 74.9 Å². The Bertz CT molecular complexity index is 503. The number of carboxylic acid groups (broad SMARTS) is 1. The van der Waals surface area contributed by atoms with Gasteiger partial charge < -0.3 is 5.11 Å². The van der Waals surface area contributed by atoms with Gasteiger partial charge in [0.05, 0.1) is 5.03 Å². The molecule has 0 bridgehead atoms. The van der Waals surface area contributed by atoms with Crippen LogP contribution in [-0.4, -0.2) is 16.9 Å². The predicted octanol–water partition coefficient (Wildman–Crippen LogP) is 5.80. The van der Waals surface area contributed by atoms with Gasteiger partial charge in [-0.2, -0.15) is 0 Å². The van der Waals surface area contributed by atoms with Crippen molar-refractivity contribution in [3.05, 3.63) is 34.9 Å². The number of unbranched alkanes of at least 4 members (excludes halogenated alkanes) is 6. The monoisotopic (exact) mass is 352 g/mol. The smallest absolute Gasteiger partial charge is 0.303 e. The first-order chi connectivity index (χ1) is 11.6. The van der Waals surface area contributed by atoms with E-state index in [2.05, 4.69) is 13.0 Å². The first-order valence-electron chi connectivity index (χ1n) is 9.06. The van der Waals surface area contributed by atoms with Gasteiger partial charge in [0.15, 0.2) is 0 Å². The second kappa shape index (κ2) is 12.1. The van der Waals surface area contributed by atoms with Crippen LogP contribution in [0.4, 0.5) is 0 Å². The van der Waals surface area contributed by atoms with E-state index in [1.165, 1.54) is 19.3 Å². The zero-order valence-corrected chi connectivity index (χ0v) is 15.4. The van der Waals surface area contributed by atoms with Crippen LogP contribution in [0.2, 0.25) is 0 Å². The molecular weight excluding hydrogens is 324 g/mol. The second-order valence-electron chi connectivity index (χ2n) is 6.34. The van der Waals surface area contributed by atoms with Crippen LogP contribution >= 0.6 is 11.6 Å². The summed E-state index contributed by atoms with van der Waals surface area (Å²) in [4.78, 5) is 22.6. The van der Waals surface area contributed by atoms with Gasteiger partial charge in [-0.25, -0.2) is 0 Å². The van der Waals surface area contributed by atoms with E-state index in [4.69, 9.17) is 16.7 Å². The highest BCUT2D eigenvalue weighted by molar-refractivity contribution is 6.46. The average Bonchev–Trinajstić information content (AvgIpc) is 2.81. The quantitative estimate of drug-likeness (QED) is 0.357. The molecule has 3 nitrogen and oxygen atoms in total. The molecule has 0 aromatic rings. The van der Waals surface area contributed by atoms with E-state index >= 15 is 0 Å². The average molecular weight is 353 g/mol. The van der Waals surface area contributed by atoms with Crippen LogP contribution in [0.15, 0.2) is 34.9 Å². The number of allylic oxidation sites excluding steroid dienone is 6. The van der Waals surface area contributed by atoms with E-state index in [-0.39, 0.29) is 18.1 Å². The van der Waals surface area contributed by atoms with Crippen LogP contribution in [0.25, 0.3) is 0 Å². The Kier molecular flexibility index (Phi) is 10.4. The molecule has 0 heterocycles. The van der Waals surface area contributed by atoms with Gasteiger partial charge in [-0.15, -0.1) is 0 Å². The van der Waals surface area contributed by atoms with Crippen LogP contribution in [0, 0.1) is 5.92 Å². The molecule has 0 aromatic heterocycles. The molecule has 1 rings (SSSR count). The molecule has 1 N–H and O–H groups in total.